The minimum absolute atomic E-state index is 0.0196. The molecule has 51 heavy (non-hydrogen) atoms. The number of anilines is 2. The third-order valence-electron chi connectivity index (χ3n) is 10.9. The van der Waals surface area contributed by atoms with Gasteiger partial charge in [-0.25, -0.2) is 13.6 Å². The molecule has 14 heteroatoms. The molecule has 1 N–H and O–H groups in total. The summed E-state index contributed by atoms with van der Waals surface area (Å²) in [6, 6.07) is 9.02. The van der Waals surface area contributed by atoms with Gasteiger partial charge in [-0.05, 0) is 67.8 Å². The van der Waals surface area contributed by atoms with Crippen molar-refractivity contribution in [2.45, 2.75) is 76.8 Å². The lowest BCUT2D eigenvalue weighted by Gasteiger charge is -2.35. The Balaban J connectivity index is 1.18. The number of carboxylic acids is 1. The Morgan fingerprint density at radius 2 is 1.94 bits per heavy atom. The molecule has 2 aromatic carbocycles. The molecule has 4 aliphatic heterocycles. The Kier molecular flexibility index (Phi) is 8.91. The fourth-order valence-corrected chi connectivity index (χ4v) is 8.59. The summed E-state index contributed by atoms with van der Waals surface area (Å²) in [5.74, 6) is 0.0643. The van der Waals surface area contributed by atoms with Crippen molar-refractivity contribution < 1.29 is 32.9 Å². The molecule has 6 heterocycles. The fourth-order valence-electron chi connectivity index (χ4n) is 8.59. The van der Waals surface area contributed by atoms with Crippen LogP contribution in [0.3, 0.4) is 0 Å². The maximum absolute atomic E-state index is 15.3. The number of benzene rings is 2. The normalized spacial score (nSPS) is 21.8. The second-order valence-corrected chi connectivity index (χ2v) is 14.1. The van der Waals surface area contributed by atoms with E-state index in [0.29, 0.717) is 76.5 Å². The van der Waals surface area contributed by atoms with Gasteiger partial charge in [0.1, 0.15) is 30.2 Å². The average molecular weight is 704 g/mol. The maximum Gasteiger partial charge on any atom is 0.356 e. The van der Waals surface area contributed by atoms with Crippen LogP contribution in [0.1, 0.15) is 65.6 Å². The molecule has 270 valence electrons. The van der Waals surface area contributed by atoms with Crippen LogP contribution in [0.5, 0.6) is 11.8 Å². The molecule has 4 aliphatic rings. The number of ether oxygens (including phenoxy) is 3. The molecule has 0 spiro atoms. The van der Waals surface area contributed by atoms with Gasteiger partial charge in [0.2, 0.25) is 0 Å². The minimum atomic E-state index is -1.06. The summed E-state index contributed by atoms with van der Waals surface area (Å²) in [6.07, 6.45) is 3.31. The molecule has 0 unspecified atom stereocenters. The van der Waals surface area contributed by atoms with Crippen LogP contribution >= 0.6 is 0 Å². The van der Waals surface area contributed by atoms with E-state index in [1.54, 1.807) is 23.9 Å². The van der Waals surface area contributed by atoms with Crippen LogP contribution in [0.4, 0.5) is 20.3 Å². The first kappa shape index (κ1) is 33.6. The zero-order valence-electron chi connectivity index (χ0n) is 29.0. The van der Waals surface area contributed by atoms with Gasteiger partial charge in [0.25, 0.3) is 0 Å². The van der Waals surface area contributed by atoms with Gasteiger partial charge in [-0.1, -0.05) is 13.0 Å². The lowest BCUT2D eigenvalue weighted by molar-refractivity contribution is 0.0512. The van der Waals surface area contributed by atoms with Gasteiger partial charge in [-0.15, -0.1) is 0 Å². The van der Waals surface area contributed by atoms with Gasteiger partial charge in [-0.3, -0.25) is 9.58 Å². The van der Waals surface area contributed by atoms with Gasteiger partial charge in [-0.2, -0.15) is 15.1 Å². The number of carbonyl (C=O) groups is 1. The summed E-state index contributed by atoms with van der Waals surface area (Å²) in [5.41, 5.74) is 3.74. The molecule has 0 aliphatic carbocycles. The Bertz CT molecular complexity index is 1970. The second kappa shape index (κ2) is 13.5. The zero-order chi connectivity index (χ0) is 35.3. The number of alkyl halides is 1. The first-order valence-electron chi connectivity index (χ1n) is 17.8. The highest BCUT2D eigenvalue weighted by atomic mass is 19.1. The van der Waals surface area contributed by atoms with Crippen molar-refractivity contribution in [2.24, 2.45) is 0 Å². The summed E-state index contributed by atoms with van der Waals surface area (Å²) < 4.78 is 49.2. The molecule has 0 bridgehead atoms. The van der Waals surface area contributed by atoms with Crippen LogP contribution in [0.2, 0.25) is 0 Å². The Morgan fingerprint density at radius 3 is 2.76 bits per heavy atom. The van der Waals surface area contributed by atoms with Crippen LogP contribution in [0.15, 0.2) is 30.3 Å². The van der Waals surface area contributed by atoms with Gasteiger partial charge in [0.05, 0.1) is 30.0 Å². The number of hydrogen-bond donors (Lipinski definition) is 1. The molecule has 8 rings (SSSR count). The number of halogens is 2. The number of carboxylic acid groups (broad SMARTS) is 1. The number of fused-ring (bicyclic) bond motifs is 4. The third-order valence-corrected chi connectivity index (χ3v) is 10.9. The van der Waals surface area contributed by atoms with E-state index in [2.05, 4.69) is 19.8 Å². The minimum Gasteiger partial charge on any atom is -0.476 e. The first-order valence-corrected chi connectivity index (χ1v) is 17.8. The van der Waals surface area contributed by atoms with E-state index in [1.165, 1.54) is 6.07 Å². The molecular weight excluding hydrogens is 660 g/mol. The van der Waals surface area contributed by atoms with Crippen molar-refractivity contribution in [1.29, 1.82) is 0 Å². The standard InChI is InChI=1S/C37H43F2N7O5/c1-3-27-29(39)7-6-23-14-26(51-22-49-2)16-32(33(23)27)43-13-8-28-31(20-43)40-36(50-21-37-9-4-11-45(37)18-24(38)17-37)41-34(28)44-10-5-12-46-25(19-44)15-30(42-46)35(47)48/h6-7,14-16,24H,3-5,8-13,17-22H2,1-2H3,(H,47,48)/t24-,37+/m1/s1. The van der Waals surface area contributed by atoms with Crippen LogP contribution in [0.25, 0.3) is 10.8 Å². The Labute approximate surface area is 294 Å². The molecule has 0 amide bonds. The number of aryl methyl sites for hydroxylation is 2. The van der Waals surface area contributed by atoms with E-state index in [1.807, 2.05) is 19.1 Å². The molecular formula is C37H43F2N7O5. The van der Waals surface area contributed by atoms with Crippen LogP contribution in [0, 0.1) is 5.82 Å². The molecule has 2 fully saturated rings. The number of aromatic carboxylic acids is 1. The summed E-state index contributed by atoms with van der Waals surface area (Å²) in [7, 11) is 1.57. The lowest BCUT2D eigenvalue weighted by Crippen LogP contribution is -2.43. The molecule has 4 aromatic rings. The van der Waals surface area contributed by atoms with Gasteiger partial charge in [0, 0.05) is 62.4 Å². The smallest absolute Gasteiger partial charge is 0.356 e. The summed E-state index contributed by atoms with van der Waals surface area (Å²) in [6.45, 7) is 6.37. The van der Waals surface area contributed by atoms with Crippen molar-refractivity contribution in [1.82, 2.24) is 24.6 Å². The topological polar surface area (TPSA) is 118 Å². The zero-order valence-corrected chi connectivity index (χ0v) is 29.0. The quantitative estimate of drug-likeness (QED) is 0.222. The fraction of sp³-hybridized carbons (Fsp3) is 0.514. The molecule has 0 radical (unpaired) electrons. The molecule has 2 saturated heterocycles. The van der Waals surface area contributed by atoms with Gasteiger partial charge >= 0.3 is 12.0 Å². The van der Waals surface area contributed by atoms with E-state index < -0.39 is 12.1 Å². The predicted octanol–water partition coefficient (Wildman–Crippen LogP) is 5.14. The monoisotopic (exact) mass is 703 g/mol. The second-order valence-electron chi connectivity index (χ2n) is 14.1. The van der Waals surface area contributed by atoms with Gasteiger partial charge < -0.3 is 29.1 Å². The number of aromatic nitrogens is 4. The van der Waals surface area contributed by atoms with E-state index in [-0.39, 0.29) is 29.9 Å². The largest absolute Gasteiger partial charge is 0.476 e. The number of nitrogens with zero attached hydrogens (tertiary/aromatic N) is 7. The van der Waals surface area contributed by atoms with E-state index in [4.69, 9.17) is 24.2 Å². The first-order chi connectivity index (χ1) is 24.7. The van der Waals surface area contributed by atoms with Crippen LogP contribution < -0.4 is 19.3 Å². The molecule has 0 saturated carbocycles. The maximum atomic E-state index is 15.3. The highest BCUT2D eigenvalue weighted by molar-refractivity contribution is 5.98. The highest BCUT2D eigenvalue weighted by Gasteiger charge is 2.49. The number of methoxy groups -OCH3 is 1. The predicted molar refractivity (Wildman–Crippen MR) is 186 cm³/mol. The van der Waals surface area contributed by atoms with E-state index >= 15 is 4.39 Å². The average Bonchev–Trinajstić information content (AvgIpc) is 3.76. The van der Waals surface area contributed by atoms with Crippen molar-refractivity contribution >= 4 is 28.2 Å². The SMILES string of the molecule is CCc1c(F)ccc2cc(OCOC)cc(N3CCc4c(nc(OC[C@@]56CCCN5C[C@H](F)C6)nc4N4CCCn5nc(C(=O)O)cc5C4)C3)c12. The van der Waals surface area contributed by atoms with Gasteiger partial charge in [0.15, 0.2) is 12.5 Å². The third kappa shape index (κ3) is 6.22. The van der Waals surface area contributed by atoms with E-state index in [9.17, 15) is 14.3 Å². The van der Waals surface area contributed by atoms with Crippen LogP contribution in [-0.2, 0) is 37.2 Å². The summed E-state index contributed by atoms with van der Waals surface area (Å²) >= 11 is 0. The van der Waals surface area contributed by atoms with Crippen molar-refractivity contribution in [3.05, 3.63) is 64.4 Å². The molecule has 12 nitrogen and oxygen atoms in total. The highest BCUT2D eigenvalue weighted by Crippen LogP contribution is 2.42. The summed E-state index contributed by atoms with van der Waals surface area (Å²) in [5, 5.41) is 15.6. The Morgan fingerprint density at radius 1 is 1.06 bits per heavy atom. The Hall–Kier alpha value is -4.56. The number of hydrogen-bond acceptors (Lipinski definition) is 10. The van der Waals surface area contributed by atoms with Crippen molar-refractivity contribution in [3.63, 3.8) is 0 Å². The lowest BCUT2D eigenvalue weighted by atomic mass is 9.95. The molecule has 2 atom stereocenters. The molecule has 2 aromatic heterocycles. The summed E-state index contributed by atoms with van der Waals surface area (Å²) in [4.78, 5) is 28.4. The van der Waals surface area contributed by atoms with Crippen LogP contribution in [-0.4, -0.2) is 94.1 Å². The van der Waals surface area contributed by atoms with Crippen molar-refractivity contribution in [2.75, 3.05) is 56.5 Å². The van der Waals surface area contributed by atoms with Crippen molar-refractivity contribution in [3.8, 4) is 11.8 Å². The number of rotatable bonds is 10. The van der Waals surface area contributed by atoms with E-state index in [0.717, 1.165) is 65.0 Å².